The van der Waals surface area contributed by atoms with E-state index in [1.54, 1.807) is 24.5 Å². The van der Waals surface area contributed by atoms with Crippen LogP contribution in [-0.2, 0) is 0 Å². The van der Waals surface area contributed by atoms with Gasteiger partial charge in [0.1, 0.15) is 11.6 Å². The van der Waals surface area contributed by atoms with Crippen LogP contribution in [0.2, 0.25) is 0 Å². The summed E-state index contributed by atoms with van der Waals surface area (Å²) in [6, 6.07) is 10.3. The number of hydrogen-bond acceptors (Lipinski definition) is 4. The smallest absolute Gasteiger partial charge is 0.252 e. The zero-order chi connectivity index (χ0) is 18.5. The Balaban J connectivity index is 1.85. The van der Waals surface area contributed by atoms with Crippen molar-refractivity contribution in [3.63, 3.8) is 0 Å². The third kappa shape index (κ3) is 2.28. The molecule has 2 aromatic carbocycles. The third-order valence-corrected chi connectivity index (χ3v) is 4.85. The van der Waals surface area contributed by atoms with Crippen molar-refractivity contribution in [2.24, 2.45) is 0 Å². The van der Waals surface area contributed by atoms with E-state index >= 15 is 0 Å². The van der Waals surface area contributed by atoms with Crippen LogP contribution in [-0.4, -0.2) is 26.2 Å². The highest BCUT2D eigenvalue weighted by molar-refractivity contribution is 6.07. The van der Waals surface area contributed by atoms with E-state index in [2.05, 4.69) is 20.5 Å². The van der Waals surface area contributed by atoms with E-state index in [-0.39, 0.29) is 17.2 Å². The maximum atomic E-state index is 14.6. The lowest BCUT2D eigenvalue weighted by molar-refractivity contribution is 0.0943. The second-order valence-corrected chi connectivity index (χ2v) is 6.38. The van der Waals surface area contributed by atoms with Gasteiger partial charge in [0.25, 0.3) is 5.91 Å². The van der Waals surface area contributed by atoms with Crippen LogP contribution in [0, 0.1) is 5.82 Å². The van der Waals surface area contributed by atoms with Crippen LogP contribution in [0.1, 0.15) is 27.5 Å². The molecule has 0 saturated carbocycles. The highest BCUT2D eigenvalue weighted by atomic mass is 19.1. The van der Waals surface area contributed by atoms with E-state index < -0.39 is 11.9 Å². The molecule has 1 amide bonds. The Morgan fingerprint density at radius 3 is 2.67 bits per heavy atom. The molecule has 1 atom stereocenters. The largest absolute Gasteiger partial charge is 0.508 e. The molecule has 0 bridgehead atoms. The molecule has 1 unspecified atom stereocenters. The molecule has 2 aromatic heterocycles. The molecule has 7 heteroatoms. The van der Waals surface area contributed by atoms with E-state index in [0.29, 0.717) is 16.8 Å². The number of phenolic OH excluding ortho intramolecular Hbond substituents is 1. The first-order chi connectivity index (χ1) is 13.1. The monoisotopic (exact) mass is 360 g/mol. The number of benzene rings is 2. The summed E-state index contributed by atoms with van der Waals surface area (Å²) in [7, 11) is 0. The van der Waals surface area contributed by atoms with Crippen molar-refractivity contribution >= 4 is 16.9 Å². The number of hydrogen-bond donors (Lipinski definition) is 3. The topological polar surface area (TPSA) is 90.9 Å². The molecule has 27 heavy (non-hydrogen) atoms. The molecule has 1 aliphatic rings. The van der Waals surface area contributed by atoms with Crippen molar-refractivity contribution in [3.8, 4) is 16.9 Å². The van der Waals surface area contributed by atoms with Gasteiger partial charge < -0.3 is 15.4 Å². The van der Waals surface area contributed by atoms with Crippen LogP contribution in [0.5, 0.6) is 5.75 Å². The number of carbonyl (C=O) groups excluding carboxylic acids is 1. The van der Waals surface area contributed by atoms with Crippen molar-refractivity contribution in [1.82, 2.24) is 20.5 Å². The molecular weight excluding hydrogens is 347 g/mol. The predicted molar refractivity (Wildman–Crippen MR) is 96.7 cm³/mol. The van der Waals surface area contributed by atoms with Gasteiger partial charge in [-0.15, -0.1) is 5.10 Å². The summed E-state index contributed by atoms with van der Waals surface area (Å²) in [6.07, 6.45) is 3.31. The number of halogens is 1. The first-order valence-electron chi connectivity index (χ1n) is 8.35. The van der Waals surface area contributed by atoms with Gasteiger partial charge >= 0.3 is 0 Å². The molecule has 4 aromatic rings. The molecular formula is C20H13FN4O2. The Morgan fingerprint density at radius 1 is 1.04 bits per heavy atom. The van der Waals surface area contributed by atoms with Crippen LogP contribution in [0.3, 0.4) is 0 Å². The number of amides is 1. The number of nitrogens with one attached hydrogen (secondary N) is 2. The fourth-order valence-electron chi connectivity index (χ4n) is 3.63. The average molecular weight is 360 g/mol. The van der Waals surface area contributed by atoms with Crippen molar-refractivity contribution in [3.05, 3.63) is 77.4 Å². The fourth-order valence-corrected chi connectivity index (χ4v) is 3.63. The van der Waals surface area contributed by atoms with Gasteiger partial charge in [0.05, 0.1) is 12.2 Å². The molecule has 6 nitrogen and oxygen atoms in total. The highest BCUT2D eigenvalue weighted by Gasteiger charge is 2.29. The van der Waals surface area contributed by atoms with Crippen molar-refractivity contribution in [2.75, 3.05) is 0 Å². The number of H-pyrrole nitrogens is 1. The van der Waals surface area contributed by atoms with E-state index in [0.717, 1.165) is 22.6 Å². The van der Waals surface area contributed by atoms with E-state index in [9.17, 15) is 14.3 Å². The lowest BCUT2D eigenvalue weighted by Gasteiger charge is -2.23. The van der Waals surface area contributed by atoms with Gasteiger partial charge in [0, 0.05) is 39.9 Å². The van der Waals surface area contributed by atoms with Crippen LogP contribution < -0.4 is 5.32 Å². The fraction of sp³-hybridized carbons (Fsp3) is 0.0500. The lowest BCUT2D eigenvalue weighted by atomic mass is 9.90. The number of carbonyl (C=O) groups is 1. The average Bonchev–Trinajstić information content (AvgIpc) is 3.09. The van der Waals surface area contributed by atoms with Gasteiger partial charge in [-0.25, -0.2) is 4.39 Å². The Hall–Kier alpha value is -3.74. The third-order valence-electron chi connectivity index (χ3n) is 4.85. The van der Waals surface area contributed by atoms with Gasteiger partial charge in [0.2, 0.25) is 0 Å². The van der Waals surface area contributed by atoms with Crippen LogP contribution in [0.4, 0.5) is 4.39 Å². The summed E-state index contributed by atoms with van der Waals surface area (Å²) in [4.78, 5) is 16.0. The minimum atomic E-state index is -0.747. The number of aromatic hydroxyl groups is 1. The summed E-state index contributed by atoms with van der Waals surface area (Å²) in [5, 5.41) is 21.4. The molecule has 1 aliphatic heterocycles. The molecule has 3 N–H and O–H groups in total. The zero-order valence-corrected chi connectivity index (χ0v) is 13.9. The Bertz CT molecular complexity index is 1220. The number of nitrogens with zero attached hydrogens (tertiary/aromatic N) is 2. The molecule has 3 heterocycles. The Morgan fingerprint density at radius 2 is 1.85 bits per heavy atom. The highest BCUT2D eigenvalue weighted by Crippen LogP contribution is 2.39. The number of fused-ring (bicyclic) bond motifs is 2. The van der Waals surface area contributed by atoms with E-state index in [1.807, 2.05) is 12.1 Å². The quantitative estimate of drug-likeness (QED) is 0.486. The van der Waals surface area contributed by atoms with Gasteiger partial charge in [-0.1, -0.05) is 24.3 Å². The molecule has 0 aliphatic carbocycles. The van der Waals surface area contributed by atoms with Crippen LogP contribution in [0.25, 0.3) is 22.2 Å². The molecule has 0 fully saturated rings. The minimum absolute atomic E-state index is 0.177. The standard InChI is InChI=1S/C20H13FN4O2/c21-16-7-10(26)5-6-13(16)18-15-8-22-19-17(15)14(9-23-25-19)11-3-1-2-4-12(11)20(27)24-18/h1-9,18,26H,(H,22,25)(H,24,27). The number of phenols is 1. The van der Waals surface area contributed by atoms with Crippen molar-refractivity contribution in [2.45, 2.75) is 6.04 Å². The summed E-state index contributed by atoms with van der Waals surface area (Å²) in [5.41, 5.74) is 3.46. The maximum Gasteiger partial charge on any atom is 0.252 e. The van der Waals surface area contributed by atoms with E-state index in [1.165, 1.54) is 12.1 Å². The SMILES string of the molecule is O=C1NC(c2ccc(O)cc2F)c2c[nH]c3nncc(c23)-c2ccccc21. The lowest BCUT2D eigenvalue weighted by Crippen LogP contribution is -2.31. The maximum absolute atomic E-state index is 14.6. The van der Waals surface area contributed by atoms with Gasteiger partial charge in [-0.2, -0.15) is 5.10 Å². The van der Waals surface area contributed by atoms with Crippen LogP contribution in [0.15, 0.2) is 54.9 Å². The number of aromatic amines is 1. The first kappa shape index (κ1) is 15.5. The summed E-state index contributed by atoms with van der Waals surface area (Å²) >= 11 is 0. The number of rotatable bonds is 1. The first-order valence-corrected chi connectivity index (χ1v) is 8.35. The van der Waals surface area contributed by atoms with E-state index in [4.69, 9.17) is 0 Å². The zero-order valence-electron chi connectivity index (χ0n) is 13.9. The summed E-state index contributed by atoms with van der Waals surface area (Å²) < 4.78 is 14.6. The Labute approximate surface area is 152 Å². The van der Waals surface area contributed by atoms with Gasteiger partial charge in [-0.3, -0.25) is 4.79 Å². The summed E-state index contributed by atoms with van der Waals surface area (Å²) in [5.74, 6) is -1.10. The minimum Gasteiger partial charge on any atom is -0.508 e. The predicted octanol–water partition coefficient (Wildman–Crippen LogP) is 3.30. The Kier molecular flexibility index (Phi) is 3.24. The second kappa shape index (κ2) is 5.63. The van der Waals surface area contributed by atoms with Gasteiger partial charge in [-0.05, 0) is 17.7 Å². The molecule has 132 valence electrons. The normalized spacial score (nSPS) is 15.7. The van der Waals surface area contributed by atoms with Crippen molar-refractivity contribution < 1.29 is 14.3 Å². The second-order valence-electron chi connectivity index (χ2n) is 6.38. The molecule has 0 spiro atoms. The molecule has 0 radical (unpaired) electrons. The number of aromatic nitrogens is 3. The summed E-state index contributed by atoms with van der Waals surface area (Å²) in [6.45, 7) is 0. The molecule has 0 saturated heterocycles. The van der Waals surface area contributed by atoms with Crippen molar-refractivity contribution in [1.29, 1.82) is 0 Å². The van der Waals surface area contributed by atoms with Crippen LogP contribution >= 0.6 is 0 Å². The van der Waals surface area contributed by atoms with Gasteiger partial charge in [0.15, 0.2) is 5.65 Å². The molecule has 5 rings (SSSR count).